The molecule has 126 valence electrons. The summed E-state index contributed by atoms with van der Waals surface area (Å²) in [6.07, 6.45) is 5.33. The van der Waals surface area contributed by atoms with Crippen LogP contribution in [0.3, 0.4) is 0 Å². The van der Waals surface area contributed by atoms with Crippen LogP contribution >= 0.6 is 0 Å². The molecular weight excluding hydrogens is 288 g/mol. The minimum absolute atomic E-state index is 0.191. The summed E-state index contributed by atoms with van der Waals surface area (Å²) in [5.41, 5.74) is 0.345. The number of nitrogens with one attached hydrogen (secondary N) is 2. The van der Waals surface area contributed by atoms with Crippen LogP contribution in [0.1, 0.15) is 59.4 Å². The van der Waals surface area contributed by atoms with Crippen LogP contribution in [0, 0.1) is 23.2 Å². The molecule has 1 saturated carbocycles. The molecule has 0 bridgehead atoms. The molecule has 5 nitrogen and oxygen atoms in total. The summed E-state index contributed by atoms with van der Waals surface area (Å²) in [6, 6.07) is 3.87. The maximum absolute atomic E-state index is 12.4. The monoisotopic (exact) mass is 316 g/mol. The van der Waals surface area contributed by atoms with Crippen molar-refractivity contribution in [2.24, 2.45) is 11.8 Å². The number of carbonyl (C=O) groups excluding carboxylic acids is 1. The van der Waals surface area contributed by atoms with Gasteiger partial charge in [0.25, 0.3) is 0 Å². The zero-order valence-corrected chi connectivity index (χ0v) is 14.8. The molecule has 5 heteroatoms. The summed E-state index contributed by atoms with van der Waals surface area (Å²) in [7, 11) is 0. The van der Waals surface area contributed by atoms with Gasteiger partial charge in [-0.1, -0.05) is 20.3 Å². The molecule has 1 heterocycles. The lowest BCUT2D eigenvalue weighted by Gasteiger charge is -2.35. The number of aromatic nitrogens is 1. The summed E-state index contributed by atoms with van der Waals surface area (Å²) in [5.74, 6) is 1.64. The first-order chi connectivity index (χ1) is 10.7. The molecule has 1 aliphatic rings. The number of nitriles is 1. The number of amides is 2. The first-order valence-corrected chi connectivity index (χ1v) is 8.43. The molecule has 0 saturated heterocycles. The third-order valence-electron chi connectivity index (χ3n) is 4.76. The third kappa shape index (κ3) is 4.07. The zero-order chi connectivity index (χ0) is 17.2. The molecule has 1 aliphatic carbocycles. The number of nitrogens with zero attached hydrogens (tertiary/aromatic N) is 2. The van der Waals surface area contributed by atoms with E-state index in [1.54, 1.807) is 12.3 Å². The Morgan fingerprint density at radius 1 is 1.30 bits per heavy atom. The Kier molecular flexibility index (Phi) is 5.03. The predicted molar refractivity (Wildman–Crippen MR) is 92.3 cm³/mol. The Morgan fingerprint density at radius 3 is 2.43 bits per heavy atom. The van der Waals surface area contributed by atoms with E-state index in [1.165, 1.54) is 6.42 Å². The van der Waals surface area contributed by atoms with Gasteiger partial charge in [-0.2, -0.15) is 5.26 Å². The van der Waals surface area contributed by atoms with Crippen LogP contribution in [0.4, 0.5) is 10.6 Å². The van der Waals surface area contributed by atoms with Crippen LogP contribution < -0.4 is 10.6 Å². The maximum atomic E-state index is 12.4. The second kappa shape index (κ2) is 6.66. The standard InChI is InChI=1S/C18H28N4O/c1-12-7-6-8-13(2)16(12)21-17(23)20-15-9-14(10-19)11-22(15)18(3,4)5/h9,11-13,16H,6-8H2,1-5H3,(H2,20,21,23)/t12-,13+,16?. The van der Waals surface area contributed by atoms with Crippen molar-refractivity contribution in [2.75, 3.05) is 5.32 Å². The number of anilines is 1. The van der Waals surface area contributed by atoms with Crippen molar-refractivity contribution < 1.29 is 4.79 Å². The van der Waals surface area contributed by atoms with Crippen LogP contribution in [0.15, 0.2) is 12.3 Å². The van der Waals surface area contributed by atoms with Gasteiger partial charge in [-0.25, -0.2) is 4.79 Å². The SMILES string of the molecule is C[C@@H]1CCC[C@H](C)C1NC(=O)Nc1cc(C#N)cn1C(C)(C)C. The normalized spacial score (nSPS) is 24.8. The summed E-state index contributed by atoms with van der Waals surface area (Å²) in [4.78, 5) is 12.4. The molecule has 0 aliphatic heterocycles. The Morgan fingerprint density at radius 2 is 1.91 bits per heavy atom. The summed E-state index contributed by atoms with van der Waals surface area (Å²) < 4.78 is 1.93. The van der Waals surface area contributed by atoms with Crippen molar-refractivity contribution in [3.05, 3.63) is 17.8 Å². The second-order valence-corrected chi connectivity index (χ2v) is 7.78. The molecule has 0 spiro atoms. The molecule has 0 radical (unpaired) electrons. The molecule has 2 amide bonds. The fourth-order valence-electron chi connectivity index (χ4n) is 3.45. The van der Waals surface area contributed by atoms with Gasteiger partial charge in [-0.3, -0.25) is 5.32 Å². The Labute approximate surface area is 139 Å². The highest BCUT2D eigenvalue weighted by atomic mass is 16.2. The van der Waals surface area contributed by atoms with E-state index in [4.69, 9.17) is 5.26 Å². The Hall–Kier alpha value is -1.96. The molecule has 2 N–H and O–H groups in total. The first kappa shape index (κ1) is 17.4. The minimum Gasteiger partial charge on any atom is -0.335 e. The highest BCUT2D eigenvalue weighted by molar-refractivity contribution is 5.89. The van der Waals surface area contributed by atoms with Gasteiger partial charge in [-0.05, 0) is 51.5 Å². The van der Waals surface area contributed by atoms with Gasteiger partial charge < -0.3 is 9.88 Å². The van der Waals surface area contributed by atoms with E-state index >= 15 is 0 Å². The third-order valence-corrected chi connectivity index (χ3v) is 4.76. The summed E-state index contributed by atoms with van der Waals surface area (Å²) >= 11 is 0. The zero-order valence-electron chi connectivity index (χ0n) is 14.8. The number of rotatable bonds is 2. The molecule has 3 atom stereocenters. The van der Waals surface area contributed by atoms with Crippen LogP contribution in [-0.4, -0.2) is 16.6 Å². The van der Waals surface area contributed by atoms with E-state index in [2.05, 4.69) is 30.6 Å². The fraction of sp³-hybridized carbons (Fsp3) is 0.667. The smallest absolute Gasteiger partial charge is 0.320 e. The maximum Gasteiger partial charge on any atom is 0.320 e. The van der Waals surface area contributed by atoms with Gasteiger partial charge in [0.15, 0.2) is 0 Å². The van der Waals surface area contributed by atoms with E-state index in [9.17, 15) is 4.79 Å². The van der Waals surface area contributed by atoms with Crippen molar-refractivity contribution in [3.63, 3.8) is 0 Å². The van der Waals surface area contributed by atoms with Crippen LogP contribution in [0.25, 0.3) is 0 Å². The Bertz CT molecular complexity index is 596. The molecule has 1 aromatic rings. The van der Waals surface area contributed by atoms with Crippen molar-refractivity contribution in [1.82, 2.24) is 9.88 Å². The van der Waals surface area contributed by atoms with Crippen molar-refractivity contribution in [2.45, 2.75) is 65.5 Å². The van der Waals surface area contributed by atoms with E-state index in [-0.39, 0.29) is 17.6 Å². The minimum atomic E-state index is -0.205. The molecule has 1 aromatic heterocycles. The average molecular weight is 316 g/mol. The molecule has 0 aromatic carbocycles. The average Bonchev–Trinajstić information content (AvgIpc) is 2.86. The highest BCUT2D eigenvalue weighted by Crippen LogP contribution is 2.29. The van der Waals surface area contributed by atoms with Gasteiger partial charge in [-0.15, -0.1) is 0 Å². The van der Waals surface area contributed by atoms with Crippen molar-refractivity contribution in [1.29, 1.82) is 5.26 Å². The number of urea groups is 1. The molecular formula is C18H28N4O. The van der Waals surface area contributed by atoms with Gasteiger partial charge in [0.2, 0.25) is 0 Å². The van der Waals surface area contributed by atoms with Crippen molar-refractivity contribution >= 4 is 11.8 Å². The quantitative estimate of drug-likeness (QED) is 0.863. The summed E-state index contributed by atoms with van der Waals surface area (Å²) in [5, 5.41) is 15.2. The molecule has 1 fully saturated rings. The fourth-order valence-corrected chi connectivity index (χ4v) is 3.45. The number of hydrogen-bond acceptors (Lipinski definition) is 2. The summed E-state index contributed by atoms with van der Waals surface area (Å²) in [6.45, 7) is 10.5. The molecule has 23 heavy (non-hydrogen) atoms. The van der Waals surface area contributed by atoms with Crippen LogP contribution in [-0.2, 0) is 5.54 Å². The first-order valence-electron chi connectivity index (χ1n) is 8.43. The van der Waals surface area contributed by atoms with Crippen molar-refractivity contribution in [3.8, 4) is 6.07 Å². The predicted octanol–water partition coefficient (Wildman–Crippen LogP) is 4.06. The molecule has 1 unspecified atom stereocenters. The lowest BCUT2D eigenvalue weighted by molar-refractivity contribution is 0.201. The van der Waals surface area contributed by atoms with Crippen LogP contribution in [0.2, 0.25) is 0 Å². The highest BCUT2D eigenvalue weighted by Gasteiger charge is 2.29. The lowest BCUT2D eigenvalue weighted by Crippen LogP contribution is -2.47. The van der Waals surface area contributed by atoms with E-state index in [0.29, 0.717) is 23.2 Å². The Balaban J connectivity index is 2.11. The van der Waals surface area contributed by atoms with Gasteiger partial charge in [0.1, 0.15) is 11.9 Å². The topological polar surface area (TPSA) is 69.8 Å². The number of carbonyl (C=O) groups is 1. The van der Waals surface area contributed by atoms with Gasteiger partial charge in [0, 0.05) is 17.8 Å². The number of hydrogen-bond donors (Lipinski definition) is 2. The largest absolute Gasteiger partial charge is 0.335 e. The lowest BCUT2D eigenvalue weighted by atomic mass is 9.79. The van der Waals surface area contributed by atoms with E-state index < -0.39 is 0 Å². The van der Waals surface area contributed by atoms with Gasteiger partial charge >= 0.3 is 6.03 Å². The second-order valence-electron chi connectivity index (χ2n) is 7.78. The van der Waals surface area contributed by atoms with E-state index in [1.807, 2.05) is 25.3 Å². The van der Waals surface area contributed by atoms with Gasteiger partial charge in [0.05, 0.1) is 5.56 Å². The van der Waals surface area contributed by atoms with E-state index in [0.717, 1.165) is 12.8 Å². The molecule has 2 rings (SSSR count). The van der Waals surface area contributed by atoms with Crippen LogP contribution in [0.5, 0.6) is 0 Å².